The van der Waals surface area contributed by atoms with Gasteiger partial charge >= 0.3 is 0 Å². The Kier molecular flexibility index (Phi) is 8.61. The molecule has 0 spiro atoms. The molecule has 0 unspecified atom stereocenters. The minimum atomic E-state index is -0.551. The van der Waals surface area contributed by atoms with Crippen LogP contribution in [0.15, 0.2) is 96.2 Å². The molecule has 6 nitrogen and oxygen atoms in total. The normalized spacial score (nSPS) is 22.7. The standard InChI is InChI=1S/C27H29NO5/c29-28-16-24-26(31-18-22-12-6-2-7-13-22)27(32-19-23-14-8-3-9-15-23)25(33-24)20-30-17-21-10-4-1-5-11-21/h1-16,24-27,29H,17-20H2/b28-16-/t24-,25+,26-,27+/m0/s1. The third kappa shape index (κ3) is 6.73. The Morgan fingerprint density at radius 1 is 0.697 bits per heavy atom. The predicted molar refractivity (Wildman–Crippen MR) is 125 cm³/mol. The summed E-state index contributed by atoms with van der Waals surface area (Å²) in [6, 6.07) is 29.9. The lowest BCUT2D eigenvalue weighted by atomic mass is 10.1. The zero-order valence-corrected chi connectivity index (χ0v) is 18.4. The van der Waals surface area contributed by atoms with Crippen molar-refractivity contribution in [3.8, 4) is 0 Å². The second-order valence-corrected chi connectivity index (χ2v) is 7.93. The van der Waals surface area contributed by atoms with Gasteiger partial charge in [0.15, 0.2) is 0 Å². The van der Waals surface area contributed by atoms with Crippen molar-refractivity contribution < 1.29 is 24.2 Å². The van der Waals surface area contributed by atoms with Crippen LogP contribution < -0.4 is 0 Å². The van der Waals surface area contributed by atoms with Crippen LogP contribution in [0.3, 0.4) is 0 Å². The van der Waals surface area contributed by atoms with Crippen LogP contribution in [0.25, 0.3) is 0 Å². The molecule has 6 heteroatoms. The largest absolute Gasteiger partial charge is 0.411 e. The Bertz CT molecular complexity index is 968. The average Bonchev–Trinajstić information content (AvgIpc) is 3.19. The third-order valence-corrected chi connectivity index (χ3v) is 5.52. The lowest BCUT2D eigenvalue weighted by Crippen LogP contribution is -2.39. The molecule has 4 atom stereocenters. The van der Waals surface area contributed by atoms with Gasteiger partial charge < -0.3 is 24.2 Å². The van der Waals surface area contributed by atoms with Crippen LogP contribution in [0.5, 0.6) is 0 Å². The SMILES string of the molecule is O/N=C\[C@@H]1O[C@H](COCc2ccccc2)[C@@H](OCc2ccccc2)[C@H]1OCc1ccccc1. The number of benzene rings is 3. The molecule has 1 N–H and O–H groups in total. The number of ether oxygens (including phenoxy) is 4. The summed E-state index contributed by atoms with van der Waals surface area (Å²) in [5.41, 5.74) is 3.19. The van der Waals surface area contributed by atoms with Gasteiger partial charge in [-0.25, -0.2) is 0 Å². The molecule has 3 aromatic carbocycles. The third-order valence-electron chi connectivity index (χ3n) is 5.52. The smallest absolute Gasteiger partial charge is 0.125 e. The van der Waals surface area contributed by atoms with Gasteiger partial charge in [-0.1, -0.05) is 96.2 Å². The molecule has 0 amide bonds. The van der Waals surface area contributed by atoms with Gasteiger partial charge in [-0.3, -0.25) is 0 Å². The predicted octanol–water partition coefficient (Wildman–Crippen LogP) is 4.60. The summed E-state index contributed by atoms with van der Waals surface area (Å²) >= 11 is 0. The van der Waals surface area contributed by atoms with E-state index in [0.717, 1.165) is 16.7 Å². The summed E-state index contributed by atoms with van der Waals surface area (Å²) in [6.07, 6.45) is -0.417. The molecular weight excluding hydrogens is 418 g/mol. The van der Waals surface area contributed by atoms with Gasteiger partial charge in [0.05, 0.1) is 32.6 Å². The monoisotopic (exact) mass is 447 g/mol. The Morgan fingerprint density at radius 2 is 1.18 bits per heavy atom. The van der Waals surface area contributed by atoms with Gasteiger partial charge in [0.1, 0.15) is 24.4 Å². The summed E-state index contributed by atoms with van der Waals surface area (Å²) in [7, 11) is 0. The van der Waals surface area contributed by atoms with E-state index in [9.17, 15) is 5.21 Å². The lowest BCUT2D eigenvalue weighted by molar-refractivity contribution is -0.0896. The first-order valence-electron chi connectivity index (χ1n) is 11.1. The summed E-state index contributed by atoms with van der Waals surface area (Å²) in [5.74, 6) is 0. The Labute approximate surface area is 194 Å². The second kappa shape index (κ2) is 12.3. The van der Waals surface area contributed by atoms with Crippen LogP contribution in [0, 0.1) is 0 Å². The van der Waals surface area contributed by atoms with E-state index in [4.69, 9.17) is 18.9 Å². The minimum absolute atomic E-state index is 0.329. The van der Waals surface area contributed by atoms with Gasteiger partial charge in [0.25, 0.3) is 0 Å². The minimum Gasteiger partial charge on any atom is -0.411 e. The highest BCUT2D eigenvalue weighted by Gasteiger charge is 2.46. The Balaban J connectivity index is 1.45. The number of hydrogen-bond acceptors (Lipinski definition) is 6. The number of rotatable bonds is 11. The maximum atomic E-state index is 9.20. The van der Waals surface area contributed by atoms with Crippen molar-refractivity contribution in [3.63, 3.8) is 0 Å². The number of oxime groups is 1. The van der Waals surface area contributed by atoms with Crippen molar-refractivity contribution in [1.29, 1.82) is 0 Å². The Morgan fingerprint density at radius 3 is 1.70 bits per heavy atom. The summed E-state index contributed by atoms with van der Waals surface area (Å²) in [4.78, 5) is 0. The van der Waals surface area contributed by atoms with Crippen molar-refractivity contribution in [3.05, 3.63) is 108 Å². The molecule has 1 fully saturated rings. The van der Waals surface area contributed by atoms with E-state index in [1.54, 1.807) is 0 Å². The molecule has 0 aromatic heterocycles. The molecule has 0 saturated carbocycles. The highest BCUT2D eigenvalue weighted by atomic mass is 16.6. The molecule has 1 aliphatic heterocycles. The van der Waals surface area contributed by atoms with Crippen LogP contribution in [0.4, 0.5) is 0 Å². The van der Waals surface area contributed by atoms with Crippen molar-refractivity contribution >= 4 is 6.21 Å². The fourth-order valence-corrected chi connectivity index (χ4v) is 3.87. The zero-order valence-electron chi connectivity index (χ0n) is 18.4. The number of nitrogens with zero attached hydrogens (tertiary/aromatic N) is 1. The quantitative estimate of drug-likeness (QED) is 0.264. The lowest BCUT2D eigenvalue weighted by Gasteiger charge is -2.24. The fourth-order valence-electron chi connectivity index (χ4n) is 3.87. The van der Waals surface area contributed by atoms with E-state index < -0.39 is 18.3 Å². The first-order chi connectivity index (χ1) is 16.3. The molecular formula is C27H29NO5. The molecule has 1 heterocycles. The summed E-state index contributed by atoms with van der Waals surface area (Å²) < 4.78 is 24.7. The van der Waals surface area contributed by atoms with E-state index in [0.29, 0.717) is 26.4 Å². The van der Waals surface area contributed by atoms with E-state index >= 15 is 0 Å². The topological polar surface area (TPSA) is 69.5 Å². The van der Waals surface area contributed by atoms with Crippen LogP contribution in [-0.4, -0.2) is 42.4 Å². The van der Waals surface area contributed by atoms with Crippen LogP contribution >= 0.6 is 0 Å². The number of hydrogen-bond donors (Lipinski definition) is 1. The molecule has 172 valence electrons. The maximum absolute atomic E-state index is 9.20. The molecule has 33 heavy (non-hydrogen) atoms. The first kappa shape index (κ1) is 23.1. The van der Waals surface area contributed by atoms with E-state index in [1.807, 2.05) is 91.0 Å². The molecule has 1 saturated heterocycles. The molecule has 3 aromatic rings. The average molecular weight is 448 g/mol. The van der Waals surface area contributed by atoms with Gasteiger partial charge in [0, 0.05) is 0 Å². The van der Waals surface area contributed by atoms with Gasteiger partial charge in [-0.15, -0.1) is 0 Å². The van der Waals surface area contributed by atoms with Gasteiger partial charge in [-0.05, 0) is 16.7 Å². The molecule has 0 bridgehead atoms. The van der Waals surface area contributed by atoms with Crippen LogP contribution in [0.2, 0.25) is 0 Å². The summed E-state index contributed by atoms with van der Waals surface area (Å²) in [5, 5.41) is 12.4. The van der Waals surface area contributed by atoms with Gasteiger partial charge in [0.2, 0.25) is 0 Å². The Hall–Kier alpha value is -3.03. The van der Waals surface area contributed by atoms with Gasteiger partial charge in [-0.2, -0.15) is 0 Å². The first-order valence-corrected chi connectivity index (χ1v) is 11.1. The zero-order chi connectivity index (χ0) is 22.7. The molecule has 4 rings (SSSR count). The van der Waals surface area contributed by atoms with E-state index in [-0.39, 0.29) is 6.10 Å². The summed E-state index contributed by atoms with van der Waals surface area (Å²) in [6.45, 7) is 1.61. The maximum Gasteiger partial charge on any atom is 0.125 e. The highest BCUT2D eigenvalue weighted by Crippen LogP contribution is 2.28. The molecule has 0 radical (unpaired) electrons. The van der Waals surface area contributed by atoms with Crippen molar-refractivity contribution in [2.75, 3.05) is 6.61 Å². The van der Waals surface area contributed by atoms with Crippen LogP contribution in [0.1, 0.15) is 16.7 Å². The highest BCUT2D eigenvalue weighted by molar-refractivity contribution is 5.64. The fraction of sp³-hybridized carbons (Fsp3) is 0.296. The van der Waals surface area contributed by atoms with Crippen molar-refractivity contribution in [2.45, 2.75) is 44.2 Å². The van der Waals surface area contributed by atoms with Crippen molar-refractivity contribution in [1.82, 2.24) is 0 Å². The van der Waals surface area contributed by atoms with Crippen molar-refractivity contribution in [2.24, 2.45) is 5.16 Å². The van der Waals surface area contributed by atoms with E-state index in [2.05, 4.69) is 5.16 Å². The second-order valence-electron chi connectivity index (χ2n) is 7.93. The van der Waals surface area contributed by atoms with Crippen LogP contribution in [-0.2, 0) is 38.8 Å². The van der Waals surface area contributed by atoms with E-state index in [1.165, 1.54) is 6.21 Å². The molecule has 0 aliphatic carbocycles. The molecule has 1 aliphatic rings.